The van der Waals surface area contributed by atoms with Crippen molar-refractivity contribution in [1.29, 1.82) is 0 Å². The fourth-order valence-electron chi connectivity index (χ4n) is 5.06. The number of carboxylic acids is 1. The molecule has 3 atom stereocenters. The Bertz CT molecular complexity index is 1050. The minimum atomic E-state index is -0.985. The molecule has 32 heavy (non-hydrogen) atoms. The molecule has 1 aromatic carbocycles. The van der Waals surface area contributed by atoms with Crippen molar-refractivity contribution in [2.24, 2.45) is 10.9 Å². The van der Waals surface area contributed by atoms with Crippen LogP contribution in [-0.2, 0) is 13.2 Å². The predicted octanol–water partition coefficient (Wildman–Crippen LogP) is 4.32. The summed E-state index contributed by atoms with van der Waals surface area (Å²) >= 11 is 0. The average Bonchev–Trinajstić information content (AvgIpc) is 2.80. The lowest BCUT2D eigenvalue weighted by Crippen LogP contribution is -2.48. The van der Waals surface area contributed by atoms with E-state index in [9.17, 15) is 15.0 Å². The van der Waals surface area contributed by atoms with Crippen LogP contribution in [0.25, 0.3) is 0 Å². The molecule has 1 fully saturated rings. The molecule has 0 saturated carbocycles. The number of aromatic carboxylic acids is 1. The van der Waals surface area contributed by atoms with Crippen LogP contribution in [-0.4, -0.2) is 44.4 Å². The van der Waals surface area contributed by atoms with E-state index < -0.39 is 5.97 Å². The van der Waals surface area contributed by atoms with Gasteiger partial charge in [0.2, 0.25) is 0 Å². The number of piperidine rings is 1. The fourth-order valence-corrected chi connectivity index (χ4v) is 5.06. The summed E-state index contributed by atoms with van der Waals surface area (Å²) in [5.74, 6) is -0.701. The highest BCUT2D eigenvalue weighted by Gasteiger charge is 2.37. The number of hydrogen-bond donors (Lipinski definition) is 2. The Kier molecular flexibility index (Phi) is 6.82. The van der Waals surface area contributed by atoms with E-state index in [0.717, 1.165) is 30.5 Å². The standard InChI is InChI=1S/C26H31N3O3/c1-17-6-4-12-27-24(17)22-8-3-9-23(25-18(2)7-5-13-28-25)29(22)15-20-11-10-19(26(31)32)14-21(20)16-30/h4-7,10-12,14,18,22-23,30H,3,8-9,13,15-16H2,1-2H3,(H,31,32)/t18?,22-,23+/m0/s1. The van der Waals surface area contributed by atoms with Crippen LogP contribution in [0.5, 0.6) is 0 Å². The molecule has 2 aliphatic rings. The van der Waals surface area contributed by atoms with E-state index in [1.165, 1.54) is 11.3 Å². The Morgan fingerprint density at radius 1 is 1.19 bits per heavy atom. The SMILES string of the molecule is Cc1cccnc1[C@@H]1CCC[C@H](C2=NCC=CC2C)N1Cc1ccc(C(=O)O)cc1CO. The molecule has 168 valence electrons. The first-order valence-electron chi connectivity index (χ1n) is 11.3. The third-order valence-electron chi connectivity index (χ3n) is 6.71. The van der Waals surface area contributed by atoms with Gasteiger partial charge in [0.05, 0.1) is 30.5 Å². The number of aliphatic imine (C=N–C) groups is 1. The lowest BCUT2D eigenvalue weighted by Gasteiger charge is -2.44. The highest BCUT2D eigenvalue weighted by Crippen LogP contribution is 2.38. The maximum absolute atomic E-state index is 11.4. The summed E-state index contributed by atoms with van der Waals surface area (Å²) in [4.78, 5) is 23.5. The van der Waals surface area contributed by atoms with Crippen LogP contribution < -0.4 is 0 Å². The lowest BCUT2D eigenvalue weighted by molar-refractivity contribution is 0.0696. The Balaban J connectivity index is 1.75. The van der Waals surface area contributed by atoms with Crippen LogP contribution in [0.15, 0.2) is 53.7 Å². The van der Waals surface area contributed by atoms with E-state index in [4.69, 9.17) is 9.98 Å². The number of aryl methyl sites for hydroxylation is 1. The van der Waals surface area contributed by atoms with Crippen LogP contribution in [0.4, 0.5) is 0 Å². The van der Waals surface area contributed by atoms with Gasteiger partial charge in [-0.1, -0.05) is 31.2 Å². The minimum Gasteiger partial charge on any atom is -0.478 e. The molecule has 6 nitrogen and oxygen atoms in total. The van der Waals surface area contributed by atoms with Gasteiger partial charge in [-0.25, -0.2) is 4.79 Å². The van der Waals surface area contributed by atoms with Gasteiger partial charge >= 0.3 is 5.97 Å². The third-order valence-corrected chi connectivity index (χ3v) is 6.71. The largest absolute Gasteiger partial charge is 0.478 e. The molecular formula is C26H31N3O3. The molecule has 0 amide bonds. The zero-order valence-corrected chi connectivity index (χ0v) is 18.7. The first-order valence-corrected chi connectivity index (χ1v) is 11.3. The summed E-state index contributed by atoms with van der Waals surface area (Å²) in [6.07, 6.45) is 9.35. The number of allylic oxidation sites excluding steroid dienone is 1. The molecule has 0 bridgehead atoms. The van der Waals surface area contributed by atoms with Crippen molar-refractivity contribution in [2.75, 3.05) is 6.54 Å². The average molecular weight is 434 g/mol. The van der Waals surface area contributed by atoms with Gasteiger partial charge < -0.3 is 10.2 Å². The van der Waals surface area contributed by atoms with Gasteiger partial charge in [-0.15, -0.1) is 0 Å². The van der Waals surface area contributed by atoms with Crippen molar-refractivity contribution in [1.82, 2.24) is 9.88 Å². The highest BCUT2D eigenvalue weighted by molar-refractivity contribution is 5.93. The van der Waals surface area contributed by atoms with Crippen molar-refractivity contribution in [3.8, 4) is 0 Å². The molecule has 6 heteroatoms. The van der Waals surface area contributed by atoms with Gasteiger partial charge in [0, 0.05) is 30.4 Å². The summed E-state index contributed by atoms with van der Waals surface area (Å²) in [5.41, 5.74) is 5.26. The molecule has 2 N–H and O–H groups in total. The molecule has 3 heterocycles. The monoisotopic (exact) mass is 433 g/mol. The summed E-state index contributed by atoms with van der Waals surface area (Å²) in [5, 5.41) is 19.3. The lowest BCUT2D eigenvalue weighted by atomic mass is 9.84. The minimum absolute atomic E-state index is 0.140. The van der Waals surface area contributed by atoms with E-state index in [2.05, 4.69) is 37.0 Å². The Labute approximate surface area is 189 Å². The second kappa shape index (κ2) is 9.76. The molecule has 4 rings (SSSR count). The number of nitrogens with zero attached hydrogens (tertiary/aromatic N) is 3. The fraction of sp³-hybridized carbons (Fsp3) is 0.423. The van der Waals surface area contributed by atoms with Gasteiger partial charge in [0.25, 0.3) is 0 Å². The smallest absolute Gasteiger partial charge is 0.335 e. The second-order valence-corrected chi connectivity index (χ2v) is 8.77. The van der Waals surface area contributed by atoms with Crippen LogP contribution in [0.2, 0.25) is 0 Å². The Hall–Kier alpha value is -2.83. The van der Waals surface area contributed by atoms with Gasteiger partial charge in [-0.05, 0) is 61.1 Å². The zero-order valence-electron chi connectivity index (χ0n) is 18.7. The number of hydrogen-bond acceptors (Lipinski definition) is 5. The number of carboxylic acid groups (broad SMARTS) is 1. The zero-order chi connectivity index (χ0) is 22.7. The maximum Gasteiger partial charge on any atom is 0.335 e. The number of aromatic nitrogens is 1. The van der Waals surface area contributed by atoms with Gasteiger partial charge in [-0.2, -0.15) is 0 Å². The van der Waals surface area contributed by atoms with Crippen LogP contribution in [0.3, 0.4) is 0 Å². The van der Waals surface area contributed by atoms with Crippen molar-refractivity contribution < 1.29 is 15.0 Å². The summed E-state index contributed by atoms with van der Waals surface area (Å²) in [7, 11) is 0. The number of benzene rings is 1. The van der Waals surface area contributed by atoms with Crippen molar-refractivity contribution in [3.63, 3.8) is 0 Å². The first kappa shape index (κ1) is 22.4. The molecule has 2 aliphatic heterocycles. The van der Waals surface area contributed by atoms with Gasteiger partial charge in [0.1, 0.15) is 0 Å². The van der Waals surface area contributed by atoms with E-state index in [1.54, 1.807) is 12.1 Å². The highest BCUT2D eigenvalue weighted by atomic mass is 16.4. The maximum atomic E-state index is 11.4. The topological polar surface area (TPSA) is 86.0 Å². The quantitative estimate of drug-likeness (QED) is 0.663. The number of aliphatic hydroxyl groups is 1. The summed E-state index contributed by atoms with van der Waals surface area (Å²) in [6, 6.07) is 9.45. The van der Waals surface area contributed by atoms with Crippen molar-refractivity contribution >= 4 is 11.7 Å². The van der Waals surface area contributed by atoms with E-state index in [0.29, 0.717) is 18.7 Å². The molecule has 1 aromatic heterocycles. The number of dihydropyridines is 1. The molecule has 1 saturated heterocycles. The van der Waals surface area contributed by atoms with Crippen LogP contribution in [0.1, 0.15) is 65.0 Å². The normalized spacial score (nSPS) is 23.7. The first-order chi connectivity index (χ1) is 15.5. The number of rotatable bonds is 6. The summed E-state index contributed by atoms with van der Waals surface area (Å²) in [6.45, 7) is 5.43. The predicted molar refractivity (Wildman–Crippen MR) is 125 cm³/mol. The summed E-state index contributed by atoms with van der Waals surface area (Å²) < 4.78 is 0. The molecule has 0 radical (unpaired) electrons. The van der Waals surface area contributed by atoms with Gasteiger partial charge in [-0.3, -0.25) is 14.9 Å². The number of aliphatic hydroxyl groups excluding tert-OH is 1. The van der Waals surface area contributed by atoms with Gasteiger partial charge in [0.15, 0.2) is 0 Å². The van der Waals surface area contributed by atoms with Crippen LogP contribution >= 0.6 is 0 Å². The number of pyridine rings is 1. The second-order valence-electron chi connectivity index (χ2n) is 8.77. The van der Waals surface area contributed by atoms with E-state index in [-0.39, 0.29) is 30.2 Å². The Morgan fingerprint density at radius 3 is 2.72 bits per heavy atom. The molecule has 0 spiro atoms. The number of likely N-dealkylation sites (tertiary alicyclic amines) is 1. The third kappa shape index (κ3) is 4.52. The Morgan fingerprint density at radius 2 is 2.00 bits per heavy atom. The van der Waals surface area contributed by atoms with Crippen LogP contribution in [0, 0.1) is 12.8 Å². The molecule has 1 unspecified atom stereocenters. The molecule has 0 aliphatic carbocycles. The van der Waals surface area contributed by atoms with E-state index in [1.807, 2.05) is 18.3 Å². The number of carbonyl (C=O) groups is 1. The van der Waals surface area contributed by atoms with E-state index >= 15 is 0 Å². The molecular weight excluding hydrogens is 402 g/mol. The van der Waals surface area contributed by atoms with Crippen molar-refractivity contribution in [3.05, 3.63) is 76.6 Å². The van der Waals surface area contributed by atoms with Crippen molar-refractivity contribution in [2.45, 2.75) is 58.3 Å². The molecule has 2 aromatic rings.